The number of rotatable bonds is 5. The Balaban J connectivity index is 1.65. The molecule has 0 unspecified atom stereocenters. The van der Waals surface area contributed by atoms with Gasteiger partial charge in [0.2, 0.25) is 0 Å². The van der Waals surface area contributed by atoms with Crippen LogP contribution in [0.1, 0.15) is 16.7 Å². The lowest BCUT2D eigenvalue weighted by atomic mass is 10.0. The molecule has 0 aliphatic heterocycles. The fourth-order valence-corrected chi connectivity index (χ4v) is 4.95. The predicted molar refractivity (Wildman–Crippen MR) is 141 cm³/mol. The molecule has 0 saturated heterocycles. The van der Waals surface area contributed by atoms with E-state index in [4.69, 9.17) is 4.74 Å². The Hall–Kier alpha value is -4.30. The number of halogens is 1. The monoisotopic (exact) mass is 538 g/mol. The van der Waals surface area contributed by atoms with Crippen LogP contribution >= 0.6 is 15.9 Å². The molecule has 4 aromatic heterocycles. The smallest absolute Gasteiger partial charge is 0.193 e. The van der Waals surface area contributed by atoms with Crippen LogP contribution in [0.15, 0.2) is 100 Å². The van der Waals surface area contributed by atoms with E-state index in [9.17, 15) is 10.0 Å². The lowest BCUT2D eigenvalue weighted by molar-refractivity contribution is 0.303. The van der Waals surface area contributed by atoms with Gasteiger partial charge in [0.25, 0.3) is 0 Å². The average molecular weight is 539 g/mol. The summed E-state index contributed by atoms with van der Waals surface area (Å²) in [5.74, 6) is 0.505. The molecule has 176 valence electrons. The maximum absolute atomic E-state index is 13.8. The summed E-state index contributed by atoms with van der Waals surface area (Å²) in [5.41, 5.74) is 3.84. The summed E-state index contributed by atoms with van der Waals surface area (Å²) in [6.45, 7) is 0.289. The molecule has 0 radical (unpaired) electrons. The van der Waals surface area contributed by atoms with E-state index in [-0.39, 0.29) is 12.0 Å². The number of hydrogen-bond acceptors (Lipinski definition) is 6. The van der Waals surface area contributed by atoms with Crippen LogP contribution in [0.25, 0.3) is 27.2 Å². The van der Waals surface area contributed by atoms with E-state index in [0.29, 0.717) is 39.4 Å². The van der Waals surface area contributed by atoms with Crippen molar-refractivity contribution in [2.24, 2.45) is 5.16 Å². The summed E-state index contributed by atoms with van der Waals surface area (Å²) in [5, 5.41) is 15.9. The maximum atomic E-state index is 13.8. The summed E-state index contributed by atoms with van der Waals surface area (Å²) in [6, 6.07) is 16.9. The summed E-state index contributed by atoms with van der Waals surface area (Å²) in [6.07, 6.45) is 9.22. The molecule has 8 heteroatoms. The average Bonchev–Trinajstić information content (AvgIpc) is 2.91. The van der Waals surface area contributed by atoms with Gasteiger partial charge in [0.05, 0.1) is 16.4 Å². The molecule has 6 aromatic rings. The molecule has 1 N–H and O–H groups in total. The van der Waals surface area contributed by atoms with Gasteiger partial charge in [0, 0.05) is 63.8 Å². The Morgan fingerprint density at radius 2 is 1.69 bits per heavy atom. The van der Waals surface area contributed by atoms with Crippen molar-refractivity contribution in [1.29, 1.82) is 0 Å². The number of nitrogens with zero attached hydrogens (tertiary/aromatic N) is 4. The third kappa shape index (κ3) is 3.85. The van der Waals surface area contributed by atoms with E-state index in [2.05, 4.69) is 31.1 Å². The molecule has 0 aliphatic rings. The number of benzene rings is 2. The first-order chi connectivity index (χ1) is 17.6. The molecule has 7 nitrogen and oxygen atoms in total. The van der Waals surface area contributed by atoms with Gasteiger partial charge in [0.15, 0.2) is 5.43 Å². The van der Waals surface area contributed by atoms with Crippen molar-refractivity contribution >= 4 is 43.1 Å². The molecule has 0 saturated carbocycles. The summed E-state index contributed by atoms with van der Waals surface area (Å²) in [4.78, 5) is 22.1. The highest BCUT2D eigenvalue weighted by Crippen LogP contribution is 2.29. The van der Waals surface area contributed by atoms with Crippen molar-refractivity contribution in [2.75, 3.05) is 0 Å². The van der Waals surface area contributed by atoms with Crippen molar-refractivity contribution in [2.45, 2.75) is 13.0 Å². The minimum Gasteiger partial charge on any atom is -0.489 e. The van der Waals surface area contributed by atoms with E-state index >= 15 is 0 Å². The van der Waals surface area contributed by atoms with Crippen LogP contribution in [0.5, 0.6) is 5.75 Å². The van der Waals surface area contributed by atoms with Gasteiger partial charge in [-0.1, -0.05) is 33.2 Å². The van der Waals surface area contributed by atoms with E-state index in [0.717, 1.165) is 26.5 Å². The van der Waals surface area contributed by atoms with Gasteiger partial charge in [-0.3, -0.25) is 14.8 Å². The summed E-state index contributed by atoms with van der Waals surface area (Å²) >= 11 is 3.55. The first kappa shape index (κ1) is 22.2. The van der Waals surface area contributed by atoms with Crippen LogP contribution in [0.2, 0.25) is 0 Å². The van der Waals surface area contributed by atoms with Crippen molar-refractivity contribution in [1.82, 2.24) is 14.4 Å². The number of ether oxygens (including phenoxy) is 1. The SMILES string of the molecule is O=c1c(Cc2cccnc2)cn2c3cc(Br)ccc3c(=NO)c3cc(OCc4cccnc4)cc1c32. The number of aromatic nitrogens is 3. The van der Waals surface area contributed by atoms with Crippen molar-refractivity contribution in [3.63, 3.8) is 0 Å². The van der Waals surface area contributed by atoms with Crippen molar-refractivity contribution in [3.8, 4) is 5.75 Å². The van der Waals surface area contributed by atoms with Gasteiger partial charge in [-0.2, -0.15) is 0 Å². The molecular formula is C28H19BrN4O3. The Kier molecular flexibility index (Phi) is 5.58. The van der Waals surface area contributed by atoms with Crippen molar-refractivity contribution in [3.05, 3.63) is 122 Å². The lowest BCUT2D eigenvalue weighted by Gasteiger charge is -2.16. The second kappa shape index (κ2) is 9.05. The minimum atomic E-state index is -0.103. The first-order valence-corrected chi connectivity index (χ1v) is 12.1. The second-order valence-electron chi connectivity index (χ2n) is 8.52. The molecule has 0 spiro atoms. The lowest BCUT2D eigenvalue weighted by Crippen LogP contribution is -2.17. The molecule has 4 heterocycles. The summed E-state index contributed by atoms with van der Waals surface area (Å²) < 4.78 is 8.95. The normalized spacial score (nSPS) is 12.1. The van der Waals surface area contributed by atoms with E-state index in [1.54, 1.807) is 30.9 Å². The molecule has 0 atom stereocenters. The number of fused-ring (bicyclic) bond motifs is 2. The highest BCUT2D eigenvalue weighted by Gasteiger charge is 2.18. The number of pyridine rings is 4. The summed E-state index contributed by atoms with van der Waals surface area (Å²) in [7, 11) is 0. The second-order valence-corrected chi connectivity index (χ2v) is 9.43. The Bertz CT molecular complexity index is 1860. The van der Waals surface area contributed by atoms with Gasteiger partial charge in [-0.05, 0) is 48.0 Å². The van der Waals surface area contributed by atoms with Crippen LogP contribution in [-0.2, 0) is 13.0 Å². The van der Waals surface area contributed by atoms with E-state index in [1.807, 2.05) is 59.1 Å². The largest absolute Gasteiger partial charge is 0.489 e. The fourth-order valence-electron chi connectivity index (χ4n) is 4.60. The van der Waals surface area contributed by atoms with Gasteiger partial charge < -0.3 is 14.3 Å². The highest BCUT2D eigenvalue weighted by molar-refractivity contribution is 9.10. The predicted octanol–water partition coefficient (Wildman–Crippen LogP) is 5.06. The van der Waals surface area contributed by atoms with Crippen LogP contribution < -0.4 is 15.5 Å². The molecule has 0 aliphatic carbocycles. The Labute approximate surface area is 213 Å². The van der Waals surface area contributed by atoms with Crippen LogP contribution in [0.4, 0.5) is 0 Å². The van der Waals surface area contributed by atoms with Gasteiger partial charge >= 0.3 is 0 Å². The van der Waals surface area contributed by atoms with Gasteiger partial charge in [-0.25, -0.2) is 0 Å². The molecule has 6 rings (SSSR count). The fraction of sp³-hybridized carbons (Fsp3) is 0.0714. The first-order valence-electron chi connectivity index (χ1n) is 11.3. The van der Waals surface area contributed by atoms with E-state index < -0.39 is 0 Å². The molecule has 36 heavy (non-hydrogen) atoms. The molecule has 0 amide bonds. The van der Waals surface area contributed by atoms with Crippen molar-refractivity contribution < 1.29 is 9.94 Å². The highest BCUT2D eigenvalue weighted by atomic mass is 79.9. The minimum absolute atomic E-state index is 0.103. The van der Waals surface area contributed by atoms with Crippen LogP contribution in [-0.4, -0.2) is 19.6 Å². The third-order valence-electron chi connectivity index (χ3n) is 6.22. The Morgan fingerprint density at radius 3 is 2.42 bits per heavy atom. The third-order valence-corrected chi connectivity index (χ3v) is 6.71. The molecule has 0 fully saturated rings. The van der Waals surface area contributed by atoms with Crippen LogP contribution in [0, 0.1) is 0 Å². The molecular weight excluding hydrogens is 520 g/mol. The van der Waals surface area contributed by atoms with Gasteiger partial charge in [0.1, 0.15) is 17.7 Å². The topological polar surface area (TPSA) is 89.1 Å². The molecule has 0 bridgehead atoms. The van der Waals surface area contributed by atoms with Crippen LogP contribution in [0.3, 0.4) is 0 Å². The van der Waals surface area contributed by atoms with E-state index in [1.165, 1.54) is 0 Å². The zero-order valence-corrected chi connectivity index (χ0v) is 20.5. The quantitative estimate of drug-likeness (QED) is 0.143. The Morgan fingerprint density at radius 1 is 0.944 bits per heavy atom. The maximum Gasteiger partial charge on any atom is 0.193 e. The standard InChI is InChI=1S/C28H19BrN4O3/c29-20-5-6-22-25(10-20)33-15-19(9-17-3-1-7-30-13-17)28(34)24-12-21(11-23(27(24)33)26(22)32-35)36-16-18-4-2-8-31-14-18/h1-8,10-15,35H,9,16H2. The number of hydrogen-bond donors (Lipinski definition) is 1. The zero-order chi connectivity index (χ0) is 24.6. The molecule has 2 aromatic carbocycles. The zero-order valence-electron chi connectivity index (χ0n) is 18.9. The van der Waals surface area contributed by atoms with Gasteiger partial charge in [-0.15, -0.1) is 0 Å².